The maximum Gasteiger partial charge on any atom is 0.311 e. The zero-order chi connectivity index (χ0) is 17.1. The van der Waals surface area contributed by atoms with E-state index >= 15 is 0 Å². The molecule has 1 radical (unpaired) electrons. The van der Waals surface area contributed by atoms with E-state index in [4.69, 9.17) is 0 Å². The summed E-state index contributed by atoms with van der Waals surface area (Å²) in [6.45, 7) is 2.95. The SMILES string of the molecule is O=C(c1cccc([N+](=O)[O-])c1O)N1[CH]CN(c2ncccn2)CC1. The second-order valence-corrected chi connectivity index (χ2v) is 5.11. The van der Waals surface area contributed by atoms with Crippen LogP contribution in [0.1, 0.15) is 10.4 Å². The van der Waals surface area contributed by atoms with Gasteiger partial charge in [0, 0.05) is 38.1 Å². The molecule has 3 rings (SSSR count). The maximum absolute atomic E-state index is 12.5. The highest BCUT2D eigenvalue weighted by Gasteiger charge is 2.28. The van der Waals surface area contributed by atoms with Crippen molar-refractivity contribution >= 4 is 17.5 Å². The van der Waals surface area contributed by atoms with Gasteiger partial charge in [0.25, 0.3) is 5.91 Å². The molecular weight excluding hydrogens is 314 g/mol. The van der Waals surface area contributed by atoms with Crippen LogP contribution < -0.4 is 4.90 Å². The summed E-state index contributed by atoms with van der Waals surface area (Å²) in [6.07, 6.45) is 3.28. The Labute approximate surface area is 137 Å². The van der Waals surface area contributed by atoms with E-state index in [9.17, 15) is 20.0 Å². The molecule has 1 aromatic heterocycles. The van der Waals surface area contributed by atoms with Crippen molar-refractivity contribution in [1.29, 1.82) is 0 Å². The third-order valence-electron chi connectivity index (χ3n) is 3.67. The molecule has 1 fully saturated rings. The fourth-order valence-corrected chi connectivity index (χ4v) is 2.43. The Morgan fingerprint density at radius 1 is 1.21 bits per heavy atom. The number of para-hydroxylation sites is 1. The van der Waals surface area contributed by atoms with Gasteiger partial charge in [0.15, 0.2) is 0 Å². The first-order valence-corrected chi connectivity index (χ1v) is 7.20. The Morgan fingerprint density at radius 2 is 1.96 bits per heavy atom. The number of piperazine rings is 1. The van der Waals surface area contributed by atoms with E-state index in [1.165, 1.54) is 17.0 Å². The Kier molecular flexibility index (Phi) is 4.23. The molecule has 1 N–H and O–H groups in total. The van der Waals surface area contributed by atoms with Crippen molar-refractivity contribution in [2.45, 2.75) is 0 Å². The summed E-state index contributed by atoms with van der Waals surface area (Å²) in [7, 11) is 0. The van der Waals surface area contributed by atoms with Gasteiger partial charge < -0.3 is 14.9 Å². The molecular formula is C15H14N5O4. The number of phenols is 1. The van der Waals surface area contributed by atoms with Crippen LogP contribution >= 0.6 is 0 Å². The van der Waals surface area contributed by atoms with Gasteiger partial charge >= 0.3 is 5.69 Å². The Morgan fingerprint density at radius 3 is 2.58 bits per heavy atom. The highest BCUT2D eigenvalue weighted by Crippen LogP contribution is 2.30. The summed E-state index contributed by atoms with van der Waals surface area (Å²) < 4.78 is 0. The topological polar surface area (TPSA) is 113 Å². The van der Waals surface area contributed by atoms with Crippen molar-refractivity contribution in [2.24, 2.45) is 0 Å². The number of carbonyl (C=O) groups is 1. The predicted molar refractivity (Wildman–Crippen MR) is 84.3 cm³/mol. The minimum atomic E-state index is -0.722. The van der Waals surface area contributed by atoms with Crippen LogP contribution in [0.15, 0.2) is 36.7 Å². The van der Waals surface area contributed by atoms with Gasteiger partial charge in [-0.3, -0.25) is 14.9 Å². The highest BCUT2D eigenvalue weighted by atomic mass is 16.6. The predicted octanol–water partition coefficient (Wildman–Crippen LogP) is 1.21. The molecule has 1 amide bonds. The molecule has 0 atom stereocenters. The molecule has 0 saturated carbocycles. The third-order valence-corrected chi connectivity index (χ3v) is 3.67. The first-order chi connectivity index (χ1) is 11.6. The van der Waals surface area contributed by atoms with Crippen molar-refractivity contribution < 1.29 is 14.8 Å². The molecule has 24 heavy (non-hydrogen) atoms. The van der Waals surface area contributed by atoms with Crippen LogP contribution in [-0.2, 0) is 0 Å². The first kappa shape index (κ1) is 15.7. The van der Waals surface area contributed by atoms with Gasteiger partial charge in [-0.25, -0.2) is 9.97 Å². The maximum atomic E-state index is 12.5. The Hall–Kier alpha value is -3.23. The van der Waals surface area contributed by atoms with Gasteiger partial charge in [0.1, 0.15) is 0 Å². The van der Waals surface area contributed by atoms with Crippen LogP contribution in [0.3, 0.4) is 0 Å². The van der Waals surface area contributed by atoms with Crippen molar-refractivity contribution in [3.05, 3.63) is 58.9 Å². The van der Waals surface area contributed by atoms with E-state index in [1.54, 1.807) is 25.0 Å². The van der Waals surface area contributed by atoms with Crippen LogP contribution in [0.25, 0.3) is 0 Å². The number of hydrogen-bond acceptors (Lipinski definition) is 7. The van der Waals surface area contributed by atoms with Gasteiger partial charge in [-0.15, -0.1) is 0 Å². The largest absolute Gasteiger partial charge is 0.502 e. The number of hydrogen-bond donors (Lipinski definition) is 1. The minimum Gasteiger partial charge on any atom is -0.502 e. The summed E-state index contributed by atoms with van der Waals surface area (Å²) in [5.74, 6) is -0.529. The molecule has 0 unspecified atom stereocenters. The van der Waals surface area contributed by atoms with Gasteiger partial charge in [-0.05, 0) is 12.1 Å². The van der Waals surface area contributed by atoms with Gasteiger partial charge in [-0.1, -0.05) is 6.07 Å². The second kappa shape index (κ2) is 6.49. The number of rotatable bonds is 3. The molecule has 9 heteroatoms. The third kappa shape index (κ3) is 2.96. The Bertz CT molecular complexity index is 760. The molecule has 0 bridgehead atoms. The van der Waals surface area contributed by atoms with E-state index in [1.807, 2.05) is 4.90 Å². The smallest absolute Gasteiger partial charge is 0.311 e. The average molecular weight is 328 g/mol. The van der Waals surface area contributed by atoms with Crippen LogP contribution in [0.2, 0.25) is 0 Å². The molecule has 9 nitrogen and oxygen atoms in total. The standard InChI is InChI=1S/C15H14N5O4/c21-13-11(3-1-4-12(13)20(23)24)14(22)18-7-9-19(10-8-18)15-16-5-2-6-17-15/h1-7,21H,8-10H2. The Balaban J connectivity index is 1.72. The molecule has 1 aliphatic heterocycles. The number of nitrogens with zero attached hydrogens (tertiary/aromatic N) is 5. The molecule has 123 valence electrons. The molecule has 2 heterocycles. The van der Waals surface area contributed by atoms with Crippen LogP contribution in [0.5, 0.6) is 5.75 Å². The summed E-state index contributed by atoms with van der Waals surface area (Å²) >= 11 is 0. The lowest BCUT2D eigenvalue weighted by atomic mass is 10.1. The van der Waals surface area contributed by atoms with Crippen molar-refractivity contribution in [2.75, 3.05) is 24.5 Å². The van der Waals surface area contributed by atoms with Gasteiger partial charge in [0.2, 0.25) is 11.7 Å². The van der Waals surface area contributed by atoms with E-state index < -0.39 is 22.3 Å². The number of benzene rings is 1. The number of nitro groups is 1. The highest BCUT2D eigenvalue weighted by molar-refractivity contribution is 5.98. The number of phenolic OH excluding ortho intramolecular Hbond substituents is 1. The van der Waals surface area contributed by atoms with E-state index in [2.05, 4.69) is 9.97 Å². The van der Waals surface area contributed by atoms with Crippen LogP contribution in [0.4, 0.5) is 11.6 Å². The van der Waals surface area contributed by atoms with E-state index in [-0.39, 0.29) is 5.56 Å². The minimum absolute atomic E-state index is 0.0927. The second-order valence-electron chi connectivity index (χ2n) is 5.11. The average Bonchev–Trinajstić information content (AvgIpc) is 2.62. The fourth-order valence-electron chi connectivity index (χ4n) is 2.43. The number of amides is 1. The molecule has 1 aromatic carbocycles. The summed E-state index contributed by atoms with van der Waals surface area (Å²) in [6, 6.07) is 5.61. The number of aromatic hydroxyl groups is 1. The zero-order valence-corrected chi connectivity index (χ0v) is 12.6. The normalized spacial score (nSPS) is 14.5. The van der Waals surface area contributed by atoms with Crippen LogP contribution in [0, 0.1) is 16.7 Å². The lowest BCUT2D eigenvalue weighted by Gasteiger charge is -2.34. The molecule has 0 spiro atoms. The van der Waals surface area contributed by atoms with Gasteiger partial charge in [0.05, 0.1) is 17.0 Å². The fraction of sp³-hybridized carbons (Fsp3) is 0.200. The number of carbonyl (C=O) groups excluding carboxylic acids is 1. The first-order valence-electron chi connectivity index (χ1n) is 7.20. The molecule has 1 saturated heterocycles. The molecule has 2 aromatic rings. The van der Waals surface area contributed by atoms with Crippen molar-refractivity contribution in [3.63, 3.8) is 0 Å². The monoisotopic (exact) mass is 328 g/mol. The van der Waals surface area contributed by atoms with Crippen molar-refractivity contribution in [3.8, 4) is 5.75 Å². The van der Waals surface area contributed by atoms with E-state index in [0.29, 0.717) is 25.6 Å². The van der Waals surface area contributed by atoms with Gasteiger partial charge in [-0.2, -0.15) is 0 Å². The lowest BCUT2D eigenvalue weighted by Crippen LogP contribution is -2.46. The number of nitro benzene ring substituents is 1. The number of aromatic nitrogens is 2. The van der Waals surface area contributed by atoms with Crippen LogP contribution in [-0.4, -0.2) is 50.4 Å². The molecule has 1 aliphatic rings. The number of anilines is 1. The molecule has 0 aliphatic carbocycles. The summed E-state index contributed by atoms with van der Waals surface area (Å²) in [5, 5.41) is 20.8. The summed E-state index contributed by atoms with van der Waals surface area (Å²) in [4.78, 5) is 34.3. The van der Waals surface area contributed by atoms with Crippen molar-refractivity contribution in [1.82, 2.24) is 14.9 Å². The quantitative estimate of drug-likeness (QED) is 0.665. The summed E-state index contributed by atoms with van der Waals surface area (Å²) in [5.41, 5.74) is -0.581. The van der Waals surface area contributed by atoms with E-state index in [0.717, 1.165) is 6.07 Å². The lowest BCUT2D eigenvalue weighted by molar-refractivity contribution is -0.385. The zero-order valence-electron chi connectivity index (χ0n) is 12.6.